The smallest absolute Gasteiger partial charge is 0.278 e. The molecule has 3 rings (SSSR count). The molecular weight excluding hydrogens is 400 g/mol. The van der Waals surface area contributed by atoms with Crippen LogP contribution in [0.4, 0.5) is 17.1 Å². The topological polar surface area (TPSA) is 87.9 Å². The van der Waals surface area contributed by atoms with Gasteiger partial charge in [-0.2, -0.15) is 12.2 Å². The minimum absolute atomic E-state index is 0.0190. The molecule has 2 aromatic rings. The number of halogens is 1. The first-order chi connectivity index (χ1) is 13.3. The Kier molecular flexibility index (Phi) is 5.92. The predicted molar refractivity (Wildman–Crippen MR) is 114 cm³/mol. The summed E-state index contributed by atoms with van der Waals surface area (Å²) < 4.78 is 31.9. The quantitative estimate of drug-likeness (QED) is 0.566. The third-order valence-corrected chi connectivity index (χ3v) is 7.05. The Bertz CT molecular complexity index is 954. The number of sulfonamides is 1. The van der Waals surface area contributed by atoms with Crippen molar-refractivity contribution < 1.29 is 13.2 Å². The highest BCUT2D eigenvalue weighted by molar-refractivity contribution is 7.94. The fourth-order valence-electron chi connectivity index (χ4n) is 3.31. The van der Waals surface area contributed by atoms with Crippen molar-refractivity contribution in [1.29, 1.82) is 0 Å². The Morgan fingerprint density at radius 3 is 2.64 bits per heavy atom. The number of nitrogens with one attached hydrogen (secondary N) is 1. The van der Waals surface area contributed by atoms with Crippen LogP contribution in [0.5, 0.6) is 5.75 Å². The first-order valence-corrected chi connectivity index (χ1v) is 10.8. The zero-order valence-electron chi connectivity index (χ0n) is 16.1. The van der Waals surface area contributed by atoms with E-state index in [0.29, 0.717) is 21.3 Å². The SMILES string of the molecule is COc1ccccc1N(Cl)S(=O)(=O)c1ccc(N2C[C@@H](C)NC[C@@H]2C)c(N)c1. The molecule has 1 heterocycles. The highest BCUT2D eigenvalue weighted by Crippen LogP contribution is 2.35. The van der Waals surface area contributed by atoms with E-state index in [-0.39, 0.29) is 16.6 Å². The van der Waals surface area contributed by atoms with Gasteiger partial charge in [0.05, 0.1) is 23.4 Å². The highest BCUT2D eigenvalue weighted by Gasteiger charge is 2.28. The van der Waals surface area contributed by atoms with Gasteiger partial charge in [0.1, 0.15) is 11.4 Å². The number of nitrogens with zero attached hydrogens (tertiary/aromatic N) is 2. The second-order valence-corrected chi connectivity index (χ2v) is 9.25. The van der Waals surface area contributed by atoms with Crippen molar-refractivity contribution in [1.82, 2.24) is 5.32 Å². The molecule has 28 heavy (non-hydrogen) atoms. The van der Waals surface area contributed by atoms with E-state index in [1.807, 2.05) is 0 Å². The lowest BCUT2D eigenvalue weighted by atomic mass is 10.1. The third kappa shape index (κ3) is 3.85. The molecule has 0 radical (unpaired) electrons. The predicted octanol–water partition coefficient (Wildman–Crippen LogP) is 2.81. The Hall–Kier alpha value is -2.16. The molecule has 0 amide bonds. The van der Waals surface area contributed by atoms with Gasteiger partial charge in [0, 0.05) is 36.9 Å². The minimum atomic E-state index is -4.01. The van der Waals surface area contributed by atoms with E-state index in [0.717, 1.165) is 18.8 Å². The molecule has 1 fully saturated rings. The van der Waals surface area contributed by atoms with Crippen molar-refractivity contribution in [3.8, 4) is 5.75 Å². The normalized spacial score (nSPS) is 20.1. The van der Waals surface area contributed by atoms with Gasteiger partial charge in [0.2, 0.25) is 0 Å². The number of nitrogen functional groups attached to an aromatic ring is 1. The second kappa shape index (κ2) is 8.06. The summed E-state index contributed by atoms with van der Waals surface area (Å²) in [7, 11) is -2.55. The molecule has 152 valence electrons. The van der Waals surface area contributed by atoms with Gasteiger partial charge in [-0.05, 0) is 44.2 Å². The van der Waals surface area contributed by atoms with Crippen LogP contribution in [-0.4, -0.2) is 40.7 Å². The molecule has 1 aliphatic heterocycles. The highest BCUT2D eigenvalue weighted by atomic mass is 35.5. The van der Waals surface area contributed by atoms with Gasteiger partial charge in [-0.15, -0.1) is 0 Å². The van der Waals surface area contributed by atoms with E-state index in [4.69, 9.17) is 22.2 Å². The van der Waals surface area contributed by atoms with Gasteiger partial charge in [0.25, 0.3) is 10.0 Å². The number of benzene rings is 2. The molecule has 9 heteroatoms. The third-order valence-electron chi connectivity index (χ3n) is 4.86. The molecule has 0 unspecified atom stereocenters. The van der Waals surface area contributed by atoms with E-state index in [1.54, 1.807) is 30.3 Å². The summed E-state index contributed by atoms with van der Waals surface area (Å²) in [6.07, 6.45) is 0. The molecule has 1 aliphatic rings. The molecule has 7 nitrogen and oxygen atoms in total. The molecule has 0 saturated carbocycles. The van der Waals surface area contributed by atoms with Crippen LogP contribution < -0.4 is 24.5 Å². The van der Waals surface area contributed by atoms with Crippen LogP contribution in [0.3, 0.4) is 0 Å². The zero-order valence-corrected chi connectivity index (χ0v) is 17.7. The summed E-state index contributed by atoms with van der Waals surface area (Å²) in [5.41, 5.74) is 7.69. The zero-order chi connectivity index (χ0) is 20.5. The second-order valence-electron chi connectivity index (χ2n) is 6.92. The number of para-hydroxylation sites is 2. The minimum Gasteiger partial charge on any atom is -0.494 e. The maximum absolute atomic E-state index is 13.0. The van der Waals surface area contributed by atoms with E-state index in [2.05, 4.69) is 24.1 Å². The lowest BCUT2D eigenvalue weighted by Crippen LogP contribution is -2.54. The molecule has 2 atom stereocenters. The van der Waals surface area contributed by atoms with E-state index in [1.165, 1.54) is 19.2 Å². The Balaban J connectivity index is 1.94. The van der Waals surface area contributed by atoms with Crippen molar-refractivity contribution in [3.63, 3.8) is 0 Å². The number of rotatable bonds is 5. The van der Waals surface area contributed by atoms with Crippen LogP contribution >= 0.6 is 11.8 Å². The number of hydrogen-bond acceptors (Lipinski definition) is 6. The Morgan fingerprint density at radius 2 is 1.96 bits per heavy atom. The number of methoxy groups -OCH3 is 1. The van der Waals surface area contributed by atoms with Gasteiger partial charge in [-0.1, -0.05) is 12.1 Å². The fraction of sp³-hybridized carbons (Fsp3) is 0.368. The number of ether oxygens (including phenoxy) is 1. The Labute approximate surface area is 171 Å². The van der Waals surface area contributed by atoms with Crippen molar-refractivity contribution in [2.24, 2.45) is 0 Å². The van der Waals surface area contributed by atoms with Gasteiger partial charge in [-0.25, -0.2) is 0 Å². The van der Waals surface area contributed by atoms with Crippen LogP contribution in [0.25, 0.3) is 0 Å². The van der Waals surface area contributed by atoms with E-state index >= 15 is 0 Å². The van der Waals surface area contributed by atoms with Crippen LogP contribution in [-0.2, 0) is 10.0 Å². The van der Waals surface area contributed by atoms with Crippen molar-refractivity contribution >= 4 is 38.9 Å². The molecule has 0 spiro atoms. The lowest BCUT2D eigenvalue weighted by Gasteiger charge is -2.39. The lowest BCUT2D eigenvalue weighted by molar-refractivity contribution is 0.416. The fourth-order valence-corrected chi connectivity index (χ4v) is 4.80. The largest absolute Gasteiger partial charge is 0.494 e. The molecule has 0 bridgehead atoms. The number of nitrogens with two attached hydrogens (primary N) is 1. The maximum Gasteiger partial charge on any atom is 0.278 e. The average Bonchev–Trinajstić information content (AvgIpc) is 2.69. The Morgan fingerprint density at radius 1 is 1.25 bits per heavy atom. The molecule has 3 N–H and O–H groups in total. The van der Waals surface area contributed by atoms with Crippen LogP contribution in [0.2, 0.25) is 0 Å². The summed E-state index contributed by atoms with van der Waals surface area (Å²) in [5, 5.41) is 3.42. The van der Waals surface area contributed by atoms with Gasteiger partial charge < -0.3 is 20.7 Å². The maximum atomic E-state index is 13.0. The molecule has 1 saturated heterocycles. The van der Waals surface area contributed by atoms with Gasteiger partial charge in [-0.3, -0.25) is 0 Å². The monoisotopic (exact) mass is 424 g/mol. The summed E-state index contributed by atoms with van der Waals surface area (Å²) in [6, 6.07) is 11.9. The van der Waals surface area contributed by atoms with Crippen LogP contribution in [0, 0.1) is 0 Å². The summed E-state index contributed by atoms with van der Waals surface area (Å²) in [4.78, 5) is 2.21. The van der Waals surface area contributed by atoms with E-state index in [9.17, 15) is 8.42 Å². The first-order valence-electron chi connectivity index (χ1n) is 8.99. The van der Waals surface area contributed by atoms with Crippen molar-refractivity contribution in [2.45, 2.75) is 30.8 Å². The van der Waals surface area contributed by atoms with Gasteiger partial charge >= 0.3 is 0 Å². The summed E-state index contributed by atoms with van der Waals surface area (Å²) >= 11 is 6.21. The molecule has 0 aromatic heterocycles. The van der Waals surface area contributed by atoms with Crippen LogP contribution in [0.15, 0.2) is 47.4 Å². The summed E-state index contributed by atoms with van der Waals surface area (Å²) in [5.74, 6) is 0.356. The molecular formula is C19H25ClN4O3S. The van der Waals surface area contributed by atoms with E-state index < -0.39 is 10.0 Å². The molecule has 0 aliphatic carbocycles. The molecule has 2 aromatic carbocycles. The number of piperazine rings is 1. The van der Waals surface area contributed by atoms with Gasteiger partial charge in [0.15, 0.2) is 0 Å². The van der Waals surface area contributed by atoms with Crippen LogP contribution in [0.1, 0.15) is 13.8 Å². The first kappa shape index (κ1) is 20.6. The summed E-state index contributed by atoms with van der Waals surface area (Å²) in [6.45, 7) is 5.84. The number of anilines is 3. The average molecular weight is 425 g/mol. The van der Waals surface area contributed by atoms with Crippen molar-refractivity contribution in [2.75, 3.05) is 34.7 Å². The standard InChI is InChI=1S/C19H25ClN4O3S/c1-13-12-23(14(2)11-22-13)17-9-8-15(10-16(17)21)28(25,26)24(20)18-6-4-5-7-19(18)27-3/h4-10,13-14,22H,11-12,21H2,1-3H3/t13-,14+/m1/s1. The number of hydrogen-bond donors (Lipinski definition) is 2. The van der Waals surface area contributed by atoms with Crippen molar-refractivity contribution in [3.05, 3.63) is 42.5 Å².